The third-order valence-electron chi connectivity index (χ3n) is 6.52. The maximum Gasteiger partial charge on any atom is 0.242 e. The second-order valence-corrected chi connectivity index (χ2v) is 12.0. The maximum atomic E-state index is 13.3. The van der Waals surface area contributed by atoms with Gasteiger partial charge >= 0.3 is 0 Å². The van der Waals surface area contributed by atoms with Crippen LogP contribution >= 0.6 is 23.2 Å². The molecular formula is C26H33Cl2N3O4S. The molecule has 0 unspecified atom stereocenters. The normalized spacial score (nSPS) is 15.1. The molecule has 0 radical (unpaired) electrons. The number of nitrogens with one attached hydrogen (secondary N) is 1. The van der Waals surface area contributed by atoms with E-state index in [4.69, 9.17) is 23.2 Å². The summed E-state index contributed by atoms with van der Waals surface area (Å²) in [6.07, 6.45) is 4.48. The average molecular weight is 555 g/mol. The number of benzene rings is 2. The Balaban J connectivity index is 1.67. The SMILES string of the molecule is C[C@@H](C(=O)NC1CCCC1)N(Cc1ccc(Cl)c(Cl)c1)C(=O)CCCN(C)S(=O)(=O)c1ccccc1. The minimum atomic E-state index is -3.64. The van der Waals surface area contributed by atoms with Crippen LogP contribution in [0.1, 0.15) is 51.0 Å². The van der Waals surface area contributed by atoms with Gasteiger partial charge in [-0.2, -0.15) is 0 Å². The van der Waals surface area contributed by atoms with E-state index in [0.717, 1.165) is 31.2 Å². The smallest absolute Gasteiger partial charge is 0.242 e. The Hall–Kier alpha value is -2.13. The second-order valence-electron chi connectivity index (χ2n) is 9.18. The van der Waals surface area contributed by atoms with Crippen LogP contribution in [0, 0.1) is 0 Å². The number of carbonyl (C=O) groups excluding carboxylic acids is 2. The van der Waals surface area contributed by atoms with Gasteiger partial charge in [0, 0.05) is 32.6 Å². The van der Waals surface area contributed by atoms with Crippen molar-refractivity contribution in [2.45, 2.75) is 69.0 Å². The largest absolute Gasteiger partial charge is 0.352 e. The second kappa shape index (κ2) is 12.9. The Morgan fingerprint density at radius 2 is 1.72 bits per heavy atom. The fraction of sp³-hybridized carbons (Fsp3) is 0.462. The molecule has 196 valence electrons. The topological polar surface area (TPSA) is 86.8 Å². The lowest BCUT2D eigenvalue weighted by atomic mass is 10.1. The zero-order valence-corrected chi connectivity index (χ0v) is 23.0. The highest BCUT2D eigenvalue weighted by Gasteiger charge is 2.29. The first-order valence-corrected chi connectivity index (χ1v) is 14.3. The van der Waals surface area contributed by atoms with Gasteiger partial charge in [-0.1, -0.05) is 60.3 Å². The van der Waals surface area contributed by atoms with E-state index in [1.807, 2.05) is 0 Å². The maximum absolute atomic E-state index is 13.3. The van der Waals surface area contributed by atoms with Gasteiger partial charge in [-0.15, -0.1) is 0 Å². The minimum absolute atomic E-state index is 0.0943. The van der Waals surface area contributed by atoms with Crippen LogP contribution in [0.25, 0.3) is 0 Å². The van der Waals surface area contributed by atoms with Crippen molar-refractivity contribution in [1.82, 2.24) is 14.5 Å². The molecular weight excluding hydrogens is 521 g/mol. The van der Waals surface area contributed by atoms with Gasteiger partial charge in [-0.05, 0) is 56.0 Å². The molecule has 36 heavy (non-hydrogen) atoms. The molecule has 1 saturated carbocycles. The molecule has 0 saturated heterocycles. The van der Waals surface area contributed by atoms with Crippen LogP contribution in [-0.4, -0.2) is 55.1 Å². The third kappa shape index (κ3) is 7.44. The number of nitrogens with zero attached hydrogens (tertiary/aromatic N) is 2. The van der Waals surface area contributed by atoms with Gasteiger partial charge in [-0.3, -0.25) is 9.59 Å². The van der Waals surface area contributed by atoms with Crippen molar-refractivity contribution in [3.63, 3.8) is 0 Å². The highest BCUT2D eigenvalue weighted by Crippen LogP contribution is 2.24. The number of amides is 2. The Morgan fingerprint density at radius 1 is 1.06 bits per heavy atom. The number of carbonyl (C=O) groups is 2. The molecule has 1 N–H and O–H groups in total. The van der Waals surface area contributed by atoms with Crippen molar-refractivity contribution in [3.8, 4) is 0 Å². The van der Waals surface area contributed by atoms with E-state index in [1.165, 1.54) is 16.3 Å². The van der Waals surface area contributed by atoms with E-state index in [2.05, 4.69) is 5.32 Å². The fourth-order valence-electron chi connectivity index (χ4n) is 4.30. The molecule has 0 spiro atoms. The van der Waals surface area contributed by atoms with Crippen molar-refractivity contribution >= 4 is 45.0 Å². The number of rotatable bonds is 11. The van der Waals surface area contributed by atoms with Crippen LogP contribution in [0.3, 0.4) is 0 Å². The summed E-state index contributed by atoms with van der Waals surface area (Å²) in [5, 5.41) is 3.85. The molecule has 2 aromatic rings. The molecule has 7 nitrogen and oxygen atoms in total. The highest BCUT2D eigenvalue weighted by atomic mass is 35.5. The lowest BCUT2D eigenvalue weighted by Gasteiger charge is -2.30. The molecule has 1 fully saturated rings. The van der Waals surface area contributed by atoms with Crippen molar-refractivity contribution in [2.24, 2.45) is 0 Å². The Kier molecular flexibility index (Phi) is 10.2. The van der Waals surface area contributed by atoms with Crippen molar-refractivity contribution < 1.29 is 18.0 Å². The molecule has 2 aromatic carbocycles. The molecule has 2 amide bonds. The van der Waals surface area contributed by atoms with Crippen LogP contribution in [0.4, 0.5) is 0 Å². The minimum Gasteiger partial charge on any atom is -0.352 e. The van der Waals surface area contributed by atoms with Gasteiger partial charge in [0.2, 0.25) is 21.8 Å². The first-order chi connectivity index (χ1) is 17.1. The molecule has 10 heteroatoms. The first kappa shape index (κ1) is 28.4. The Bertz CT molecular complexity index is 1160. The molecule has 1 aliphatic rings. The molecule has 0 aromatic heterocycles. The van der Waals surface area contributed by atoms with Crippen molar-refractivity contribution in [2.75, 3.05) is 13.6 Å². The summed E-state index contributed by atoms with van der Waals surface area (Å²) >= 11 is 12.2. The zero-order valence-electron chi connectivity index (χ0n) is 20.6. The van der Waals surface area contributed by atoms with Crippen LogP contribution in [0.2, 0.25) is 10.0 Å². The predicted octanol–water partition coefficient (Wildman–Crippen LogP) is 4.87. The van der Waals surface area contributed by atoms with Crippen LogP contribution in [0.15, 0.2) is 53.4 Å². The molecule has 1 atom stereocenters. The quantitative estimate of drug-likeness (QED) is 0.430. The highest BCUT2D eigenvalue weighted by molar-refractivity contribution is 7.89. The summed E-state index contributed by atoms with van der Waals surface area (Å²) in [4.78, 5) is 28.0. The first-order valence-electron chi connectivity index (χ1n) is 12.1. The summed E-state index contributed by atoms with van der Waals surface area (Å²) in [7, 11) is -2.14. The van der Waals surface area contributed by atoms with Gasteiger partial charge in [0.15, 0.2) is 0 Å². The van der Waals surface area contributed by atoms with Gasteiger partial charge in [-0.25, -0.2) is 12.7 Å². The molecule has 1 aliphatic carbocycles. The average Bonchev–Trinajstić information content (AvgIpc) is 3.37. The zero-order chi connectivity index (χ0) is 26.3. The number of hydrogen-bond acceptors (Lipinski definition) is 4. The lowest BCUT2D eigenvalue weighted by molar-refractivity contribution is -0.141. The molecule has 0 aliphatic heterocycles. The van der Waals surface area contributed by atoms with Gasteiger partial charge < -0.3 is 10.2 Å². The Morgan fingerprint density at radius 3 is 2.36 bits per heavy atom. The van der Waals surface area contributed by atoms with Crippen LogP contribution < -0.4 is 5.32 Å². The molecule has 0 heterocycles. The summed E-state index contributed by atoms with van der Waals surface area (Å²) < 4.78 is 26.8. The van der Waals surface area contributed by atoms with Gasteiger partial charge in [0.1, 0.15) is 6.04 Å². The van der Waals surface area contributed by atoms with Gasteiger partial charge in [0.05, 0.1) is 14.9 Å². The number of hydrogen-bond donors (Lipinski definition) is 1. The number of halogens is 2. The van der Waals surface area contributed by atoms with Crippen molar-refractivity contribution in [1.29, 1.82) is 0 Å². The van der Waals surface area contributed by atoms with E-state index in [-0.39, 0.29) is 42.3 Å². The lowest BCUT2D eigenvalue weighted by Crippen LogP contribution is -2.49. The van der Waals surface area contributed by atoms with E-state index in [1.54, 1.807) is 55.5 Å². The van der Waals surface area contributed by atoms with Crippen LogP contribution in [0.5, 0.6) is 0 Å². The molecule has 3 rings (SSSR count). The van der Waals surface area contributed by atoms with E-state index in [9.17, 15) is 18.0 Å². The third-order valence-corrected chi connectivity index (χ3v) is 9.13. The van der Waals surface area contributed by atoms with E-state index >= 15 is 0 Å². The molecule has 0 bridgehead atoms. The summed E-state index contributed by atoms with van der Waals surface area (Å²) in [6.45, 7) is 2.07. The summed E-state index contributed by atoms with van der Waals surface area (Å²) in [5.41, 5.74) is 0.752. The standard InChI is InChI=1S/C26H33Cl2N3O4S/c1-19(26(33)29-21-9-6-7-10-21)31(18-20-14-15-23(27)24(28)17-20)25(32)13-8-16-30(2)36(34,35)22-11-4-3-5-12-22/h3-5,11-12,14-15,17,19,21H,6-10,13,16,18H2,1-2H3,(H,29,33)/t19-/m0/s1. The predicted molar refractivity (Wildman–Crippen MR) is 142 cm³/mol. The monoisotopic (exact) mass is 553 g/mol. The fourth-order valence-corrected chi connectivity index (χ4v) is 5.85. The number of sulfonamides is 1. The van der Waals surface area contributed by atoms with E-state index < -0.39 is 16.1 Å². The Labute approximate surface area is 223 Å². The van der Waals surface area contributed by atoms with Crippen LogP contribution in [-0.2, 0) is 26.2 Å². The van der Waals surface area contributed by atoms with E-state index in [0.29, 0.717) is 16.5 Å². The van der Waals surface area contributed by atoms with Gasteiger partial charge in [0.25, 0.3) is 0 Å². The summed E-state index contributed by atoms with van der Waals surface area (Å²) in [6, 6.07) is 12.7. The summed E-state index contributed by atoms with van der Waals surface area (Å²) in [5.74, 6) is -0.431. The van der Waals surface area contributed by atoms with Crippen molar-refractivity contribution in [3.05, 3.63) is 64.1 Å².